The third-order valence-electron chi connectivity index (χ3n) is 2.70. The minimum atomic E-state index is 0. The molecule has 0 aliphatic heterocycles. The highest BCUT2D eigenvalue weighted by atomic mass is 35.5. The number of aryl methyl sites for hydroxylation is 1. The Labute approximate surface area is 112 Å². The zero-order chi connectivity index (χ0) is 12.3. The van der Waals surface area contributed by atoms with Gasteiger partial charge in [0.1, 0.15) is 17.9 Å². The van der Waals surface area contributed by atoms with Gasteiger partial charge in [0.2, 0.25) is 0 Å². The van der Waals surface area contributed by atoms with Gasteiger partial charge in [0.05, 0.1) is 13.7 Å². The first-order valence-electron chi connectivity index (χ1n) is 5.34. The molecule has 0 saturated carbocycles. The van der Waals surface area contributed by atoms with Crippen LogP contribution in [0.5, 0.6) is 5.75 Å². The molecule has 0 spiro atoms. The number of halogens is 1. The number of benzene rings is 1. The summed E-state index contributed by atoms with van der Waals surface area (Å²) < 4.78 is 7.29. The maximum Gasteiger partial charge on any atom is 0.150 e. The van der Waals surface area contributed by atoms with E-state index >= 15 is 0 Å². The lowest BCUT2D eigenvalue weighted by molar-refractivity contribution is 0.112. The predicted octanol–water partition coefficient (Wildman–Crippen LogP) is 2.48. The third-order valence-corrected chi connectivity index (χ3v) is 2.70. The number of methoxy groups -OCH3 is 1. The van der Waals surface area contributed by atoms with Crippen molar-refractivity contribution in [2.24, 2.45) is 0 Å². The normalized spacial score (nSPS) is 9.67. The topological polar surface area (TPSA) is 44.1 Å². The van der Waals surface area contributed by atoms with E-state index in [-0.39, 0.29) is 12.4 Å². The Balaban J connectivity index is 0.00000162. The van der Waals surface area contributed by atoms with Crippen molar-refractivity contribution in [3.63, 3.8) is 0 Å². The van der Waals surface area contributed by atoms with E-state index in [4.69, 9.17) is 4.74 Å². The van der Waals surface area contributed by atoms with E-state index < -0.39 is 0 Å². The largest absolute Gasteiger partial charge is 0.496 e. The zero-order valence-corrected chi connectivity index (χ0v) is 11.1. The second-order valence-electron chi connectivity index (χ2n) is 3.79. The second kappa shape index (κ2) is 6.21. The van der Waals surface area contributed by atoms with Crippen LogP contribution >= 0.6 is 12.4 Å². The van der Waals surface area contributed by atoms with Crippen LogP contribution in [0.25, 0.3) is 0 Å². The number of hydrogen-bond donors (Lipinski definition) is 0. The fourth-order valence-electron chi connectivity index (χ4n) is 1.75. The van der Waals surface area contributed by atoms with E-state index in [1.807, 2.05) is 29.8 Å². The molecular weight excluding hydrogens is 252 g/mol. The first-order chi connectivity index (χ1) is 8.24. The molecule has 0 saturated heterocycles. The number of rotatable bonds is 4. The standard InChI is InChI=1S/C13H14N2O2.ClH/c1-10-14-5-6-15(10)8-12-7-11(9-16)3-4-13(12)17-2;/h3-7,9H,8H2,1-2H3;1H. The Hall–Kier alpha value is -1.81. The van der Waals surface area contributed by atoms with Gasteiger partial charge in [0.25, 0.3) is 0 Å². The summed E-state index contributed by atoms with van der Waals surface area (Å²) in [4.78, 5) is 14.9. The summed E-state index contributed by atoms with van der Waals surface area (Å²) >= 11 is 0. The van der Waals surface area contributed by atoms with Crippen molar-refractivity contribution in [1.29, 1.82) is 0 Å². The Morgan fingerprint density at radius 1 is 1.44 bits per heavy atom. The van der Waals surface area contributed by atoms with Crippen molar-refractivity contribution in [1.82, 2.24) is 9.55 Å². The molecule has 2 aromatic rings. The van der Waals surface area contributed by atoms with E-state index in [1.54, 1.807) is 19.4 Å². The monoisotopic (exact) mass is 266 g/mol. The average molecular weight is 267 g/mol. The SMILES string of the molecule is COc1ccc(C=O)cc1Cn1ccnc1C.Cl. The molecule has 18 heavy (non-hydrogen) atoms. The predicted molar refractivity (Wildman–Crippen MR) is 71.7 cm³/mol. The molecule has 1 aromatic heterocycles. The van der Waals surface area contributed by atoms with E-state index in [9.17, 15) is 4.79 Å². The Bertz CT molecular complexity index is 538. The van der Waals surface area contributed by atoms with Crippen LogP contribution in [0.3, 0.4) is 0 Å². The lowest BCUT2D eigenvalue weighted by Gasteiger charge is -2.10. The molecule has 4 nitrogen and oxygen atoms in total. The van der Waals surface area contributed by atoms with E-state index in [1.165, 1.54) is 0 Å². The van der Waals surface area contributed by atoms with Crippen LogP contribution in [-0.4, -0.2) is 22.9 Å². The van der Waals surface area contributed by atoms with Crippen LogP contribution in [0, 0.1) is 6.92 Å². The summed E-state index contributed by atoms with van der Waals surface area (Å²) in [6.45, 7) is 2.59. The molecule has 0 aliphatic rings. The first kappa shape index (κ1) is 14.3. The van der Waals surface area contributed by atoms with Crippen LogP contribution in [0.1, 0.15) is 21.7 Å². The molecule has 0 bridgehead atoms. The average Bonchev–Trinajstić information content (AvgIpc) is 2.75. The molecule has 0 N–H and O–H groups in total. The van der Waals surface area contributed by atoms with Crippen LogP contribution < -0.4 is 4.74 Å². The Morgan fingerprint density at radius 3 is 2.78 bits per heavy atom. The Morgan fingerprint density at radius 2 is 2.22 bits per heavy atom. The smallest absolute Gasteiger partial charge is 0.150 e. The number of aldehydes is 1. The molecule has 5 heteroatoms. The number of carbonyl (C=O) groups is 1. The summed E-state index contributed by atoms with van der Waals surface area (Å²) in [5, 5.41) is 0. The minimum absolute atomic E-state index is 0. The molecule has 2 rings (SSSR count). The summed E-state index contributed by atoms with van der Waals surface area (Å²) in [7, 11) is 1.63. The molecule has 1 heterocycles. The second-order valence-corrected chi connectivity index (χ2v) is 3.79. The fraction of sp³-hybridized carbons (Fsp3) is 0.231. The van der Waals surface area contributed by atoms with Crippen molar-refractivity contribution >= 4 is 18.7 Å². The van der Waals surface area contributed by atoms with Gasteiger partial charge in [-0.2, -0.15) is 0 Å². The van der Waals surface area contributed by atoms with Gasteiger partial charge in [-0.25, -0.2) is 4.98 Å². The number of hydrogen-bond acceptors (Lipinski definition) is 3. The van der Waals surface area contributed by atoms with Crippen molar-refractivity contribution in [3.8, 4) is 5.75 Å². The van der Waals surface area contributed by atoms with Crippen LogP contribution in [0.4, 0.5) is 0 Å². The van der Waals surface area contributed by atoms with Gasteiger partial charge < -0.3 is 9.30 Å². The maximum atomic E-state index is 10.8. The minimum Gasteiger partial charge on any atom is -0.496 e. The highest BCUT2D eigenvalue weighted by Gasteiger charge is 2.06. The lowest BCUT2D eigenvalue weighted by Crippen LogP contribution is -2.03. The summed E-state index contributed by atoms with van der Waals surface area (Å²) in [5.41, 5.74) is 1.62. The molecule has 1 aromatic carbocycles. The molecular formula is C13H15ClN2O2. The van der Waals surface area contributed by atoms with Crippen molar-refractivity contribution < 1.29 is 9.53 Å². The van der Waals surface area contributed by atoms with Crippen LogP contribution in [-0.2, 0) is 6.54 Å². The van der Waals surface area contributed by atoms with Gasteiger partial charge in [0.15, 0.2) is 0 Å². The zero-order valence-electron chi connectivity index (χ0n) is 10.3. The third kappa shape index (κ3) is 2.90. The first-order valence-corrected chi connectivity index (χ1v) is 5.34. The lowest BCUT2D eigenvalue weighted by atomic mass is 10.1. The number of imidazole rings is 1. The maximum absolute atomic E-state index is 10.8. The highest BCUT2D eigenvalue weighted by molar-refractivity contribution is 5.85. The quantitative estimate of drug-likeness (QED) is 0.799. The van der Waals surface area contributed by atoms with Crippen molar-refractivity contribution in [3.05, 3.63) is 47.5 Å². The molecule has 96 valence electrons. The summed E-state index contributed by atoms with van der Waals surface area (Å²) in [6.07, 6.45) is 4.50. The molecule has 0 amide bonds. The van der Waals surface area contributed by atoms with Crippen LogP contribution in [0.15, 0.2) is 30.6 Å². The fourth-order valence-corrected chi connectivity index (χ4v) is 1.75. The van der Waals surface area contributed by atoms with Gasteiger partial charge in [-0.3, -0.25) is 4.79 Å². The number of nitrogens with zero attached hydrogens (tertiary/aromatic N) is 2. The van der Waals surface area contributed by atoms with E-state index in [0.717, 1.165) is 23.4 Å². The summed E-state index contributed by atoms with van der Waals surface area (Å²) in [6, 6.07) is 5.40. The number of carbonyl (C=O) groups excluding carboxylic acids is 1. The molecule has 0 radical (unpaired) electrons. The highest BCUT2D eigenvalue weighted by Crippen LogP contribution is 2.20. The van der Waals surface area contributed by atoms with Gasteiger partial charge in [0, 0.05) is 23.5 Å². The molecule has 0 fully saturated rings. The van der Waals surface area contributed by atoms with Gasteiger partial charge in [-0.05, 0) is 25.1 Å². The Kier molecular flexibility index (Phi) is 4.92. The van der Waals surface area contributed by atoms with Gasteiger partial charge >= 0.3 is 0 Å². The van der Waals surface area contributed by atoms with Gasteiger partial charge in [-0.1, -0.05) is 0 Å². The van der Waals surface area contributed by atoms with Crippen molar-refractivity contribution in [2.45, 2.75) is 13.5 Å². The van der Waals surface area contributed by atoms with Gasteiger partial charge in [-0.15, -0.1) is 12.4 Å². The van der Waals surface area contributed by atoms with E-state index in [0.29, 0.717) is 12.1 Å². The number of aromatic nitrogens is 2. The molecule has 0 unspecified atom stereocenters. The van der Waals surface area contributed by atoms with Crippen LogP contribution in [0.2, 0.25) is 0 Å². The molecule has 0 aliphatic carbocycles. The van der Waals surface area contributed by atoms with Crippen molar-refractivity contribution in [2.75, 3.05) is 7.11 Å². The summed E-state index contributed by atoms with van der Waals surface area (Å²) in [5.74, 6) is 1.72. The molecule has 0 atom stereocenters. The number of ether oxygens (including phenoxy) is 1. The van der Waals surface area contributed by atoms with E-state index in [2.05, 4.69) is 4.98 Å².